The number of nitrogens with two attached hydrogens (primary N) is 1. The standard InChI is InChI=1S/C18H22N2O2/c1-3-11-22-18(21)16-12-15(19)9-10-17(16)20-13(2)14-7-5-4-6-8-14/h4-10,12-13,20H,3,11,19H2,1-2H3/t13-/m1/s1. The van der Waals surface area contributed by atoms with Crippen LogP contribution < -0.4 is 11.1 Å². The fraction of sp³-hybridized carbons (Fsp3) is 0.278. The van der Waals surface area contributed by atoms with Crippen molar-refractivity contribution >= 4 is 17.3 Å². The van der Waals surface area contributed by atoms with E-state index < -0.39 is 0 Å². The molecule has 0 aliphatic rings. The quantitative estimate of drug-likeness (QED) is 0.625. The zero-order valence-electron chi connectivity index (χ0n) is 13.0. The van der Waals surface area contributed by atoms with Crippen molar-refractivity contribution in [1.29, 1.82) is 0 Å². The molecule has 4 nitrogen and oxygen atoms in total. The van der Waals surface area contributed by atoms with E-state index in [9.17, 15) is 4.79 Å². The summed E-state index contributed by atoms with van der Waals surface area (Å²) in [5.41, 5.74) is 8.69. The van der Waals surface area contributed by atoms with Crippen LogP contribution in [0.25, 0.3) is 0 Å². The van der Waals surface area contributed by atoms with E-state index in [-0.39, 0.29) is 12.0 Å². The van der Waals surface area contributed by atoms with Crippen LogP contribution >= 0.6 is 0 Å². The molecule has 0 heterocycles. The average molecular weight is 298 g/mol. The third-order valence-corrected chi connectivity index (χ3v) is 3.37. The largest absolute Gasteiger partial charge is 0.462 e. The number of nitrogens with one attached hydrogen (secondary N) is 1. The number of benzene rings is 2. The zero-order valence-corrected chi connectivity index (χ0v) is 13.0. The highest BCUT2D eigenvalue weighted by atomic mass is 16.5. The number of ether oxygens (including phenoxy) is 1. The van der Waals surface area contributed by atoms with Crippen molar-refractivity contribution in [2.75, 3.05) is 17.7 Å². The van der Waals surface area contributed by atoms with Gasteiger partial charge in [0.1, 0.15) is 0 Å². The molecule has 2 aromatic carbocycles. The maximum absolute atomic E-state index is 12.2. The Hall–Kier alpha value is -2.49. The maximum Gasteiger partial charge on any atom is 0.340 e. The van der Waals surface area contributed by atoms with Crippen molar-refractivity contribution in [3.05, 3.63) is 59.7 Å². The first-order chi connectivity index (χ1) is 10.6. The molecule has 0 aliphatic heterocycles. The van der Waals surface area contributed by atoms with Crippen LogP contribution in [0.15, 0.2) is 48.5 Å². The van der Waals surface area contributed by atoms with E-state index >= 15 is 0 Å². The van der Waals surface area contributed by atoms with Crippen LogP contribution in [0.3, 0.4) is 0 Å². The Morgan fingerprint density at radius 2 is 1.95 bits per heavy atom. The van der Waals surface area contributed by atoms with Crippen molar-refractivity contribution in [1.82, 2.24) is 0 Å². The van der Waals surface area contributed by atoms with Gasteiger partial charge in [-0.1, -0.05) is 37.3 Å². The van der Waals surface area contributed by atoms with Gasteiger partial charge in [-0.3, -0.25) is 0 Å². The van der Waals surface area contributed by atoms with E-state index in [4.69, 9.17) is 10.5 Å². The molecular weight excluding hydrogens is 276 g/mol. The lowest BCUT2D eigenvalue weighted by Gasteiger charge is -2.18. The average Bonchev–Trinajstić information content (AvgIpc) is 2.55. The Bertz CT molecular complexity index is 626. The van der Waals surface area contributed by atoms with Gasteiger partial charge in [-0.25, -0.2) is 4.79 Å². The lowest BCUT2D eigenvalue weighted by molar-refractivity contribution is 0.0506. The highest BCUT2D eigenvalue weighted by Gasteiger charge is 2.15. The molecule has 22 heavy (non-hydrogen) atoms. The summed E-state index contributed by atoms with van der Waals surface area (Å²) < 4.78 is 5.23. The molecule has 0 aliphatic carbocycles. The zero-order chi connectivity index (χ0) is 15.9. The molecule has 4 heteroatoms. The number of rotatable bonds is 6. The van der Waals surface area contributed by atoms with Crippen LogP contribution in [-0.4, -0.2) is 12.6 Å². The van der Waals surface area contributed by atoms with Crippen LogP contribution in [0.1, 0.15) is 42.2 Å². The summed E-state index contributed by atoms with van der Waals surface area (Å²) in [6.45, 7) is 4.41. The summed E-state index contributed by atoms with van der Waals surface area (Å²) in [6, 6.07) is 15.4. The SMILES string of the molecule is CCCOC(=O)c1cc(N)ccc1N[C@H](C)c1ccccc1. The second kappa shape index (κ2) is 7.50. The Morgan fingerprint density at radius 1 is 1.23 bits per heavy atom. The molecule has 0 saturated carbocycles. The third-order valence-electron chi connectivity index (χ3n) is 3.37. The summed E-state index contributed by atoms with van der Waals surface area (Å²) in [6.07, 6.45) is 0.789. The van der Waals surface area contributed by atoms with Crippen LogP contribution in [0, 0.1) is 0 Å². The molecule has 0 fully saturated rings. The minimum absolute atomic E-state index is 0.0718. The number of nitrogen functional groups attached to an aromatic ring is 1. The Balaban J connectivity index is 2.21. The topological polar surface area (TPSA) is 64.3 Å². The van der Waals surface area contributed by atoms with E-state index in [1.165, 1.54) is 0 Å². The highest BCUT2D eigenvalue weighted by Crippen LogP contribution is 2.25. The number of esters is 1. The molecule has 2 aromatic rings. The van der Waals surface area contributed by atoms with Crippen LogP contribution in [0.5, 0.6) is 0 Å². The van der Waals surface area contributed by atoms with Gasteiger partial charge >= 0.3 is 5.97 Å². The van der Waals surface area contributed by atoms with Gasteiger partial charge in [0, 0.05) is 17.4 Å². The lowest BCUT2D eigenvalue weighted by atomic mass is 10.1. The third kappa shape index (κ3) is 4.01. The molecular formula is C18H22N2O2. The second-order valence-corrected chi connectivity index (χ2v) is 5.22. The van der Waals surface area contributed by atoms with E-state index in [1.54, 1.807) is 12.1 Å². The summed E-state index contributed by atoms with van der Waals surface area (Å²) in [4.78, 5) is 12.2. The van der Waals surface area contributed by atoms with Crippen molar-refractivity contribution < 1.29 is 9.53 Å². The first kappa shape index (κ1) is 15.9. The molecule has 1 atom stereocenters. The number of carbonyl (C=O) groups excluding carboxylic acids is 1. The predicted molar refractivity (Wildman–Crippen MR) is 89.9 cm³/mol. The van der Waals surface area contributed by atoms with Crippen LogP contribution in [-0.2, 0) is 4.74 Å². The Labute approximate surface area is 131 Å². The molecule has 0 amide bonds. The van der Waals surface area contributed by atoms with Crippen molar-refractivity contribution in [2.45, 2.75) is 26.3 Å². The summed E-state index contributed by atoms with van der Waals surface area (Å²) >= 11 is 0. The lowest BCUT2D eigenvalue weighted by Crippen LogP contribution is -2.13. The Kier molecular flexibility index (Phi) is 5.42. The summed E-state index contributed by atoms with van der Waals surface area (Å²) in [5, 5.41) is 3.35. The molecule has 0 saturated heterocycles. The fourth-order valence-electron chi connectivity index (χ4n) is 2.19. The monoisotopic (exact) mass is 298 g/mol. The number of hydrogen-bond donors (Lipinski definition) is 2. The summed E-state index contributed by atoms with van der Waals surface area (Å²) in [5.74, 6) is -0.350. The number of hydrogen-bond acceptors (Lipinski definition) is 4. The van der Waals surface area contributed by atoms with Gasteiger partial charge in [0.15, 0.2) is 0 Å². The van der Waals surface area contributed by atoms with Gasteiger partial charge < -0.3 is 15.8 Å². The van der Waals surface area contributed by atoms with Gasteiger partial charge in [-0.2, -0.15) is 0 Å². The predicted octanol–water partition coefficient (Wildman–Crippen LogP) is 4.01. The highest BCUT2D eigenvalue weighted by molar-refractivity contribution is 5.96. The molecule has 0 spiro atoms. The molecule has 0 unspecified atom stereocenters. The summed E-state index contributed by atoms with van der Waals surface area (Å²) in [7, 11) is 0. The Morgan fingerprint density at radius 3 is 2.64 bits per heavy atom. The van der Waals surface area contributed by atoms with Gasteiger partial charge in [0.2, 0.25) is 0 Å². The molecule has 0 aromatic heterocycles. The molecule has 0 bridgehead atoms. The van der Waals surface area contributed by atoms with Crippen LogP contribution in [0.4, 0.5) is 11.4 Å². The first-order valence-electron chi connectivity index (χ1n) is 7.50. The molecule has 3 N–H and O–H groups in total. The van der Waals surface area contributed by atoms with Crippen molar-refractivity contribution in [3.8, 4) is 0 Å². The van der Waals surface area contributed by atoms with Gasteiger partial charge in [0.05, 0.1) is 12.2 Å². The van der Waals surface area contributed by atoms with Gasteiger partial charge in [0.25, 0.3) is 0 Å². The molecule has 116 valence electrons. The van der Waals surface area contributed by atoms with E-state index in [2.05, 4.69) is 5.32 Å². The normalized spacial score (nSPS) is 11.7. The first-order valence-corrected chi connectivity index (χ1v) is 7.50. The molecule has 2 rings (SSSR count). The van der Waals surface area contributed by atoms with Crippen LogP contribution in [0.2, 0.25) is 0 Å². The minimum Gasteiger partial charge on any atom is -0.462 e. The van der Waals surface area contributed by atoms with E-state index in [0.717, 1.165) is 17.7 Å². The number of carbonyl (C=O) groups is 1. The van der Waals surface area contributed by atoms with E-state index in [0.29, 0.717) is 17.9 Å². The van der Waals surface area contributed by atoms with Crippen molar-refractivity contribution in [3.63, 3.8) is 0 Å². The minimum atomic E-state index is -0.350. The van der Waals surface area contributed by atoms with E-state index in [1.807, 2.05) is 50.2 Å². The molecule has 0 radical (unpaired) electrons. The van der Waals surface area contributed by atoms with Crippen molar-refractivity contribution in [2.24, 2.45) is 0 Å². The second-order valence-electron chi connectivity index (χ2n) is 5.22. The van der Waals surface area contributed by atoms with Gasteiger partial charge in [-0.05, 0) is 37.1 Å². The van der Waals surface area contributed by atoms with Gasteiger partial charge in [-0.15, -0.1) is 0 Å². The maximum atomic E-state index is 12.2. The number of anilines is 2. The fourth-order valence-corrected chi connectivity index (χ4v) is 2.19. The smallest absolute Gasteiger partial charge is 0.340 e.